The van der Waals surface area contributed by atoms with Crippen LogP contribution in [0.5, 0.6) is 0 Å². The number of fused-ring (bicyclic) bond motifs is 1. The number of nitrogens with two attached hydrogens (primary N) is 1. The van der Waals surface area contributed by atoms with Crippen molar-refractivity contribution in [3.05, 3.63) is 51.0 Å². The number of hydrogen-bond donors (Lipinski definition) is 3. The lowest BCUT2D eigenvalue weighted by Gasteiger charge is -2.08. The lowest BCUT2D eigenvalue weighted by atomic mass is 10.1. The molecule has 126 valence electrons. The van der Waals surface area contributed by atoms with Crippen LogP contribution in [-0.4, -0.2) is 32.6 Å². The SMILES string of the molecule is Cc1ccc(Cl)c(Cn2c(=O)[nH]c3cnc(NCCCN)nc32)c1. The molecule has 0 aliphatic rings. The summed E-state index contributed by atoms with van der Waals surface area (Å²) in [4.78, 5) is 23.7. The molecule has 0 aliphatic carbocycles. The van der Waals surface area contributed by atoms with Crippen molar-refractivity contribution in [2.45, 2.75) is 19.9 Å². The number of anilines is 1. The van der Waals surface area contributed by atoms with Gasteiger partial charge >= 0.3 is 5.69 Å². The number of nitrogens with one attached hydrogen (secondary N) is 2. The second-order valence-electron chi connectivity index (χ2n) is 5.61. The molecule has 0 spiro atoms. The Balaban J connectivity index is 1.97. The zero-order chi connectivity index (χ0) is 17.1. The summed E-state index contributed by atoms with van der Waals surface area (Å²) in [6.45, 7) is 3.61. The fourth-order valence-corrected chi connectivity index (χ4v) is 2.65. The fourth-order valence-electron chi connectivity index (χ4n) is 2.47. The van der Waals surface area contributed by atoms with Gasteiger partial charge in [0, 0.05) is 11.6 Å². The molecule has 0 radical (unpaired) electrons. The van der Waals surface area contributed by atoms with E-state index < -0.39 is 0 Å². The second-order valence-corrected chi connectivity index (χ2v) is 6.02. The first-order valence-electron chi connectivity index (χ1n) is 7.73. The van der Waals surface area contributed by atoms with Gasteiger partial charge in [-0.05, 0) is 31.5 Å². The van der Waals surface area contributed by atoms with Gasteiger partial charge in [-0.2, -0.15) is 4.98 Å². The molecule has 0 atom stereocenters. The Morgan fingerprint density at radius 2 is 2.25 bits per heavy atom. The van der Waals surface area contributed by atoms with Crippen molar-refractivity contribution < 1.29 is 0 Å². The van der Waals surface area contributed by atoms with Gasteiger partial charge < -0.3 is 16.0 Å². The van der Waals surface area contributed by atoms with Crippen molar-refractivity contribution in [3.63, 3.8) is 0 Å². The smallest absolute Gasteiger partial charge is 0.328 e. The topological polar surface area (TPSA) is 102 Å². The van der Waals surface area contributed by atoms with Gasteiger partial charge in [-0.1, -0.05) is 29.3 Å². The molecule has 2 aromatic heterocycles. The van der Waals surface area contributed by atoms with E-state index in [2.05, 4.69) is 20.3 Å². The van der Waals surface area contributed by atoms with Crippen LogP contribution in [0.3, 0.4) is 0 Å². The molecule has 0 amide bonds. The first-order valence-corrected chi connectivity index (χ1v) is 8.11. The molecule has 24 heavy (non-hydrogen) atoms. The van der Waals surface area contributed by atoms with Crippen LogP contribution in [0.15, 0.2) is 29.2 Å². The number of aromatic nitrogens is 4. The third-order valence-corrected chi connectivity index (χ3v) is 4.07. The van der Waals surface area contributed by atoms with Crippen molar-refractivity contribution in [1.82, 2.24) is 19.5 Å². The Bertz CT molecular complexity index is 917. The summed E-state index contributed by atoms with van der Waals surface area (Å²) in [5.41, 5.74) is 8.33. The highest BCUT2D eigenvalue weighted by Gasteiger charge is 2.12. The van der Waals surface area contributed by atoms with Gasteiger partial charge in [0.05, 0.1) is 12.7 Å². The first-order chi connectivity index (χ1) is 11.6. The number of hydrogen-bond acceptors (Lipinski definition) is 5. The minimum absolute atomic E-state index is 0.240. The average molecular weight is 347 g/mol. The molecule has 0 fully saturated rings. The Hall–Kier alpha value is -2.38. The third-order valence-electron chi connectivity index (χ3n) is 3.70. The number of halogens is 1. The number of aromatic amines is 1. The Kier molecular flexibility index (Phi) is 4.82. The van der Waals surface area contributed by atoms with Gasteiger partial charge in [-0.3, -0.25) is 4.57 Å². The highest BCUT2D eigenvalue weighted by molar-refractivity contribution is 6.31. The lowest BCUT2D eigenvalue weighted by molar-refractivity contribution is 0.776. The van der Waals surface area contributed by atoms with Crippen molar-refractivity contribution >= 4 is 28.7 Å². The van der Waals surface area contributed by atoms with E-state index in [-0.39, 0.29) is 5.69 Å². The largest absolute Gasteiger partial charge is 0.354 e. The average Bonchev–Trinajstić information content (AvgIpc) is 2.87. The Labute approximate surface area is 143 Å². The minimum atomic E-state index is -0.240. The molecule has 0 saturated heterocycles. The highest BCUT2D eigenvalue weighted by atomic mass is 35.5. The van der Waals surface area contributed by atoms with Crippen molar-refractivity contribution in [2.24, 2.45) is 5.73 Å². The number of rotatable bonds is 6. The molecule has 2 heterocycles. The van der Waals surface area contributed by atoms with E-state index in [9.17, 15) is 4.79 Å². The molecule has 0 saturated carbocycles. The summed E-state index contributed by atoms with van der Waals surface area (Å²) in [5, 5.41) is 3.72. The summed E-state index contributed by atoms with van der Waals surface area (Å²) in [6, 6.07) is 5.74. The van der Waals surface area contributed by atoms with Crippen LogP contribution in [0.2, 0.25) is 5.02 Å². The molecular weight excluding hydrogens is 328 g/mol. The Morgan fingerprint density at radius 3 is 3.04 bits per heavy atom. The van der Waals surface area contributed by atoms with Crippen molar-refractivity contribution in [2.75, 3.05) is 18.4 Å². The normalized spacial score (nSPS) is 11.1. The van der Waals surface area contributed by atoms with E-state index in [0.717, 1.165) is 17.5 Å². The van der Waals surface area contributed by atoms with Crippen molar-refractivity contribution in [1.29, 1.82) is 0 Å². The predicted molar refractivity (Wildman–Crippen MR) is 95.6 cm³/mol. The second kappa shape index (κ2) is 7.02. The van der Waals surface area contributed by atoms with Crippen LogP contribution in [-0.2, 0) is 6.54 Å². The fraction of sp³-hybridized carbons (Fsp3) is 0.312. The summed E-state index contributed by atoms with van der Waals surface area (Å²) in [6.07, 6.45) is 2.42. The molecule has 0 unspecified atom stereocenters. The molecular formula is C16H19ClN6O. The van der Waals surface area contributed by atoms with E-state index in [4.69, 9.17) is 17.3 Å². The molecule has 1 aromatic carbocycles. The van der Waals surface area contributed by atoms with Gasteiger partial charge in [0.2, 0.25) is 5.95 Å². The van der Waals surface area contributed by atoms with Gasteiger partial charge in [-0.15, -0.1) is 0 Å². The Morgan fingerprint density at radius 1 is 1.42 bits per heavy atom. The van der Waals surface area contributed by atoms with Crippen molar-refractivity contribution in [3.8, 4) is 0 Å². The summed E-state index contributed by atoms with van der Waals surface area (Å²) in [5.74, 6) is 0.471. The maximum Gasteiger partial charge on any atom is 0.328 e. The van der Waals surface area contributed by atoms with E-state index >= 15 is 0 Å². The number of benzene rings is 1. The summed E-state index contributed by atoms with van der Waals surface area (Å²) in [7, 11) is 0. The first kappa shape index (κ1) is 16.5. The molecule has 0 bridgehead atoms. The minimum Gasteiger partial charge on any atom is -0.354 e. The van der Waals surface area contributed by atoms with Gasteiger partial charge in [0.25, 0.3) is 0 Å². The molecule has 0 aliphatic heterocycles. The van der Waals surface area contributed by atoms with Crippen LogP contribution in [0, 0.1) is 6.92 Å². The number of imidazole rings is 1. The van der Waals surface area contributed by atoms with E-state index in [1.165, 1.54) is 0 Å². The number of aryl methyl sites for hydroxylation is 1. The third kappa shape index (κ3) is 3.42. The monoisotopic (exact) mass is 346 g/mol. The van der Waals surface area contributed by atoms with Crippen LogP contribution in [0.1, 0.15) is 17.5 Å². The van der Waals surface area contributed by atoms with Crippen LogP contribution in [0.25, 0.3) is 11.2 Å². The van der Waals surface area contributed by atoms with Crippen LogP contribution in [0.4, 0.5) is 5.95 Å². The van der Waals surface area contributed by atoms with E-state index in [1.54, 1.807) is 10.8 Å². The predicted octanol–water partition coefficient (Wildman–Crippen LogP) is 1.89. The highest BCUT2D eigenvalue weighted by Crippen LogP contribution is 2.19. The lowest BCUT2D eigenvalue weighted by Crippen LogP contribution is -2.18. The molecule has 7 nitrogen and oxygen atoms in total. The van der Waals surface area contributed by atoms with E-state index in [0.29, 0.717) is 41.8 Å². The number of H-pyrrole nitrogens is 1. The van der Waals surface area contributed by atoms with Crippen LogP contribution >= 0.6 is 11.6 Å². The summed E-state index contributed by atoms with van der Waals surface area (Å²) >= 11 is 6.25. The zero-order valence-electron chi connectivity index (χ0n) is 13.3. The molecule has 8 heteroatoms. The number of nitrogens with zero attached hydrogens (tertiary/aromatic N) is 3. The maximum atomic E-state index is 12.3. The van der Waals surface area contributed by atoms with Crippen LogP contribution < -0.4 is 16.7 Å². The zero-order valence-corrected chi connectivity index (χ0v) is 14.1. The maximum absolute atomic E-state index is 12.3. The quantitative estimate of drug-likeness (QED) is 0.591. The summed E-state index contributed by atoms with van der Waals surface area (Å²) < 4.78 is 1.56. The van der Waals surface area contributed by atoms with Gasteiger partial charge in [-0.25, -0.2) is 9.78 Å². The molecule has 3 aromatic rings. The standard InChI is InChI=1S/C16H19ClN6O/c1-10-3-4-12(17)11(7-10)9-23-14-13(21-16(23)24)8-20-15(22-14)19-6-2-5-18/h3-4,7-8H,2,5-6,9,18H2,1H3,(H,21,24)(H,19,20,22). The van der Waals surface area contributed by atoms with Gasteiger partial charge in [0.15, 0.2) is 5.65 Å². The molecule has 4 N–H and O–H groups in total. The van der Waals surface area contributed by atoms with E-state index in [1.807, 2.05) is 25.1 Å². The van der Waals surface area contributed by atoms with Gasteiger partial charge in [0.1, 0.15) is 5.52 Å². The molecule has 3 rings (SSSR count).